The van der Waals surface area contributed by atoms with Gasteiger partial charge in [0.25, 0.3) is 0 Å². The van der Waals surface area contributed by atoms with Gasteiger partial charge in [0, 0.05) is 18.6 Å². The Balaban J connectivity index is 0.000000610. The van der Waals surface area contributed by atoms with Gasteiger partial charge in [0.1, 0.15) is 0 Å². The predicted octanol–water partition coefficient (Wildman–Crippen LogP) is 13.6. The van der Waals surface area contributed by atoms with Gasteiger partial charge >= 0.3 is 0 Å². The zero-order valence-electron chi connectivity index (χ0n) is 23.9. The molecule has 0 unspecified atom stereocenters. The first-order chi connectivity index (χ1) is 23.1. The van der Waals surface area contributed by atoms with Gasteiger partial charge in [-0.3, -0.25) is 0 Å². The Kier molecular flexibility index (Phi) is 24.5. The third-order valence-corrected chi connectivity index (χ3v) is 11.4. The molecule has 0 aliphatic carbocycles. The van der Waals surface area contributed by atoms with Crippen LogP contribution in [0, 0.1) is 0 Å². The Labute approximate surface area is 378 Å². The Hall–Kier alpha value is 0.0344. The van der Waals surface area contributed by atoms with E-state index in [1.807, 2.05) is 0 Å². The Morgan fingerprint density at radius 3 is 0.431 bits per heavy atom. The number of hydrogen-bond acceptors (Lipinski definition) is 5. The van der Waals surface area contributed by atoms with Crippen LogP contribution < -0.4 is 25.5 Å². The van der Waals surface area contributed by atoms with E-state index in [0.29, 0.717) is 25.1 Å². The van der Waals surface area contributed by atoms with Gasteiger partial charge in [-0.2, -0.15) is 0 Å². The van der Waals surface area contributed by atoms with E-state index < -0.39 is 0 Å². The molecule has 21 heteroatoms. The topological polar surface area (TPSA) is 115 Å². The summed E-state index contributed by atoms with van der Waals surface area (Å²) in [6.45, 7) is 0. The fourth-order valence-electron chi connectivity index (χ4n) is 2.54. The zero-order valence-corrected chi connectivity index (χ0v) is 36.7. The second kappa shape index (κ2) is 24.5. The van der Waals surface area contributed by atoms with Gasteiger partial charge in [-0.1, -0.05) is 233 Å². The van der Waals surface area contributed by atoms with Crippen LogP contribution in [-0.2, 0) is 18.6 Å². The smallest absolute Gasteiger partial charge is 0.0772 e. The normalized spacial score (nSPS) is 9.71. The van der Waals surface area contributed by atoms with Crippen LogP contribution in [0.1, 0.15) is 0 Å². The monoisotopic (exact) mass is 1030 g/mol. The first-order valence-electron chi connectivity index (χ1n) is 12.2. The molecule has 0 atom stereocenters. The van der Waals surface area contributed by atoms with Crippen molar-refractivity contribution >= 4 is 174 Å². The Morgan fingerprint density at radius 1 is 0.216 bits per heavy atom. The molecule has 275 valence electrons. The maximum Gasteiger partial charge on any atom is 0.0772 e. The minimum atomic E-state index is -0.309. The molecule has 5 nitrogen and oxygen atoms in total. The molecule has 0 heterocycles. The summed E-state index contributed by atoms with van der Waals surface area (Å²) >= 11 is 82.5. The van der Waals surface area contributed by atoms with Crippen molar-refractivity contribution in [3.63, 3.8) is 0 Å². The second-order valence-corrected chi connectivity index (χ2v) is 14.2. The minimum Gasteiger partial charge on any atom is -0.871 e. The number of halogens is 15. The summed E-state index contributed by atoms with van der Waals surface area (Å²) < 4.78 is 0. The van der Waals surface area contributed by atoms with Gasteiger partial charge in [0.05, 0.1) is 75.3 Å². The van der Waals surface area contributed by atoms with E-state index in [0.717, 1.165) is 0 Å². The van der Waals surface area contributed by atoms with Gasteiger partial charge in [0.15, 0.2) is 0 Å². The van der Waals surface area contributed by atoms with E-state index in [1.54, 1.807) is 0 Å². The SMILES string of the molecule is [O-]c1ccc(Cl)c(Cl)c1Cl.[O-]c1ccc(Cl)c(Cl)c1Cl.[O-]c1ccc(Cl)c(Cl)c1Cl.[O-]c1ccc(Cl)c(Cl)c1Cl.[O-]c1ccc(Cl)c(Cl)c1Cl.[V]. The molecular weight excluding hydrogens is 1020 g/mol. The molecule has 5 rings (SSSR count). The number of benzene rings is 5. The summed E-state index contributed by atoms with van der Waals surface area (Å²) in [6, 6.07) is 13.4. The van der Waals surface area contributed by atoms with Crippen LogP contribution >= 0.6 is 174 Å². The van der Waals surface area contributed by atoms with Crippen molar-refractivity contribution in [3.05, 3.63) is 136 Å². The van der Waals surface area contributed by atoms with E-state index in [9.17, 15) is 25.5 Å². The Bertz CT molecular complexity index is 1490. The van der Waals surface area contributed by atoms with Gasteiger partial charge in [-0.25, -0.2) is 0 Å². The summed E-state index contributed by atoms with van der Waals surface area (Å²) in [7, 11) is 0. The summed E-state index contributed by atoms with van der Waals surface area (Å²) in [5.74, 6) is -1.55. The van der Waals surface area contributed by atoms with Crippen LogP contribution in [0.25, 0.3) is 0 Å². The van der Waals surface area contributed by atoms with Crippen LogP contribution in [0.2, 0.25) is 75.3 Å². The molecule has 0 fully saturated rings. The quantitative estimate of drug-likeness (QED) is 0.143. The van der Waals surface area contributed by atoms with Crippen LogP contribution in [0.3, 0.4) is 0 Å². The first kappa shape index (κ1) is 51.0. The standard InChI is InChI=1S/5C6H3Cl3O.V/c5*7-3-1-2-4(10)6(9)5(3)8;/h5*1-2,10H;/p-5. The van der Waals surface area contributed by atoms with Crippen molar-refractivity contribution < 1.29 is 44.1 Å². The average molecular weight is 1030 g/mol. The number of rotatable bonds is 0. The van der Waals surface area contributed by atoms with E-state index in [-0.39, 0.29) is 97.5 Å². The molecule has 1 radical (unpaired) electrons. The van der Waals surface area contributed by atoms with Crippen molar-refractivity contribution in [3.8, 4) is 28.7 Å². The summed E-state index contributed by atoms with van der Waals surface area (Å²) in [4.78, 5) is 0. The van der Waals surface area contributed by atoms with E-state index in [2.05, 4.69) is 0 Å². The van der Waals surface area contributed by atoms with Gasteiger partial charge in [-0.15, -0.1) is 0 Å². The van der Waals surface area contributed by atoms with Gasteiger partial charge < -0.3 is 25.5 Å². The molecule has 0 N–H and O–H groups in total. The molecule has 51 heavy (non-hydrogen) atoms. The third kappa shape index (κ3) is 16.0. The summed E-state index contributed by atoms with van der Waals surface area (Å²) in [5, 5.41) is 55.6. The van der Waals surface area contributed by atoms with E-state index in [4.69, 9.17) is 174 Å². The van der Waals surface area contributed by atoms with Crippen LogP contribution in [0.4, 0.5) is 0 Å². The fourth-order valence-corrected chi connectivity index (χ4v) is 5.17. The molecule has 0 bridgehead atoms. The molecular formula is C30H10Cl15O5V-5. The molecule has 0 saturated carbocycles. The molecule has 0 aliphatic heterocycles. The summed E-state index contributed by atoms with van der Waals surface area (Å²) in [5.41, 5.74) is 0. The molecule has 0 aromatic heterocycles. The third-order valence-electron chi connectivity index (χ3n) is 5.00. The van der Waals surface area contributed by atoms with Crippen molar-refractivity contribution in [1.82, 2.24) is 0 Å². The van der Waals surface area contributed by atoms with E-state index in [1.165, 1.54) is 60.7 Å². The molecule has 0 amide bonds. The molecule has 0 saturated heterocycles. The van der Waals surface area contributed by atoms with Crippen molar-refractivity contribution in [2.24, 2.45) is 0 Å². The largest absolute Gasteiger partial charge is 0.871 e. The van der Waals surface area contributed by atoms with E-state index >= 15 is 0 Å². The molecule has 0 aliphatic rings. The van der Waals surface area contributed by atoms with Gasteiger partial charge in [-0.05, 0) is 30.3 Å². The number of hydrogen-bond donors (Lipinski definition) is 0. The van der Waals surface area contributed by atoms with Gasteiger partial charge in [0.2, 0.25) is 0 Å². The maximum absolute atomic E-state index is 10.7. The predicted molar refractivity (Wildman–Crippen MR) is 205 cm³/mol. The summed E-state index contributed by atoms with van der Waals surface area (Å²) in [6.07, 6.45) is 0. The van der Waals surface area contributed by atoms with Crippen LogP contribution in [0.15, 0.2) is 60.7 Å². The minimum absolute atomic E-state index is 0. The van der Waals surface area contributed by atoms with Crippen molar-refractivity contribution in [2.75, 3.05) is 0 Å². The second-order valence-electron chi connectivity index (χ2n) is 8.37. The first-order valence-corrected chi connectivity index (χ1v) is 17.8. The average Bonchev–Trinajstić information content (AvgIpc) is 3.10. The molecule has 5 aromatic rings. The fraction of sp³-hybridized carbons (Fsp3) is 0. The maximum atomic E-state index is 10.7. The van der Waals surface area contributed by atoms with Crippen LogP contribution in [-0.4, -0.2) is 0 Å². The van der Waals surface area contributed by atoms with Crippen molar-refractivity contribution in [1.29, 1.82) is 0 Å². The molecule has 0 spiro atoms. The zero-order chi connectivity index (χ0) is 38.6. The Morgan fingerprint density at radius 2 is 0.333 bits per heavy atom. The van der Waals surface area contributed by atoms with Crippen molar-refractivity contribution in [2.45, 2.75) is 0 Å². The molecule has 5 aromatic carbocycles. The van der Waals surface area contributed by atoms with Crippen LogP contribution in [0.5, 0.6) is 28.7 Å².